The van der Waals surface area contributed by atoms with Gasteiger partial charge in [0.2, 0.25) is 0 Å². The van der Waals surface area contributed by atoms with Crippen molar-refractivity contribution in [2.45, 2.75) is 19.8 Å². The Kier molecular flexibility index (Phi) is 3.50. The molecule has 0 fully saturated rings. The lowest BCUT2D eigenvalue weighted by molar-refractivity contribution is 0.496. The number of hydrogen-bond acceptors (Lipinski definition) is 2. The minimum Gasteiger partial charge on any atom is -0.383 e. The smallest absolute Gasteiger partial charge is 0.161 e. The number of imidazole rings is 1. The molecule has 3 nitrogen and oxygen atoms in total. The van der Waals surface area contributed by atoms with Gasteiger partial charge in [0.1, 0.15) is 23.2 Å². The van der Waals surface area contributed by atoms with E-state index in [9.17, 15) is 13.2 Å². The molecule has 0 amide bonds. The average Bonchev–Trinajstić information content (AvgIpc) is 2.63. The molecule has 0 unspecified atom stereocenters. The van der Waals surface area contributed by atoms with Crippen LogP contribution in [0.4, 0.5) is 19.0 Å². The largest absolute Gasteiger partial charge is 0.383 e. The van der Waals surface area contributed by atoms with Crippen molar-refractivity contribution < 1.29 is 13.2 Å². The Labute approximate surface area is 108 Å². The third-order valence-electron chi connectivity index (χ3n) is 2.97. The molecule has 0 saturated heterocycles. The molecule has 6 heteroatoms. The highest BCUT2D eigenvalue weighted by Crippen LogP contribution is 2.29. The Morgan fingerprint density at radius 1 is 1.16 bits per heavy atom. The molecule has 0 saturated carbocycles. The van der Waals surface area contributed by atoms with E-state index in [4.69, 9.17) is 5.73 Å². The van der Waals surface area contributed by atoms with Crippen LogP contribution in [-0.4, -0.2) is 9.55 Å². The molecular weight excluding hydrogens is 255 g/mol. The van der Waals surface area contributed by atoms with Crippen molar-refractivity contribution in [3.63, 3.8) is 0 Å². The number of hydrogen-bond donors (Lipinski definition) is 1. The van der Waals surface area contributed by atoms with Gasteiger partial charge < -0.3 is 10.3 Å². The highest BCUT2D eigenvalue weighted by atomic mass is 19.2. The lowest BCUT2D eigenvalue weighted by atomic mass is 10.1. The second-order valence-electron chi connectivity index (χ2n) is 4.32. The fourth-order valence-corrected chi connectivity index (χ4v) is 1.91. The quantitative estimate of drug-likeness (QED) is 0.870. The minimum atomic E-state index is -1.23. The lowest BCUT2D eigenvalue weighted by Crippen LogP contribution is -2.01. The van der Waals surface area contributed by atoms with E-state index >= 15 is 0 Å². The molecule has 1 heterocycles. The zero-order chi connectivity index (χ0) is 14.2. The summed E-state index contributed by atoms with van der Waals surface area (Å²) >= 11 is 0. The molecule has 102 valence electrons. The Morgan fingerprint density at radius 2 is 1.79 bits per heavy atom. The van der Waals surface area contributed by atoms with Crippen molar-refractivity contribution in [2.24, 2.45) is 7.05 Å². The molecule has 0 aliphatic rings. The summed E-state index contributed by atoms with van der Waals surface area (Å²) in [5.74, 6) is -2.33. The number of nitrogens with two attached hydrogens (primary N) is 1. The number of rotatable bonds is 3. The number of benzene rings is 1. The number of halogens is 3. The van der Waals surface area contributed by atoms with Crippen LogP contribution in [0.1, 0.15) is 19.2 Å². The molecule has 2 aromatic rings. The highest BCUT2D eigenvalue weighted by molar-refractivity contribution is 5.71. The van der Waals surface area contributed by atoms with Crippen LogP contribution in [0.15, 0.2) is 12.1 Å². The topological polar surface area (TPSA) is 43.8 Å². The first-order chi connectivity index (χ1) is 8.95. The fraction of sp³-hybridized carbons (Fsp3) is 0.308. The molecule has 0 spiro atoms. The molecule has 2 N–H and O–H groups in total. The Morgan fingerprint density at radius 3 is 2.42 bits per heavy atom. The maximum atomic E-state index is 13.7. The van der Waals surface area contributed by atoms with E-state index in [-0.39, 0.29) is 17.1 Å². The summed E-state index contributed by atoms with van der Waals surface area (Å²) in [7, 11) is 1.70. The van der Waals surface area contributed by atoms with E-state index < -0.39 is 17.5 Å². The summed E-state index contributed by atoms with van der Waals surface area (Å²) in [6, 6.07) is 1.28. The minimum absolute atomic E-state index is 0.130. The Hall–Kier alpha value is -1.98. The first-order valence-corrected chi connectivity index (χ1v) is 5.91. The second-order valence-corrected chi connectivity index (χ2v) is 4.32. The molecular formula is C13H14F3N3. The normalized spacial score (nSPS) is 11.0. The molecule has 0 aliphatic heterocycles. The average molecular weight is 269 g/mol. The monoisotopic (exact) mass is 269 g/mol. The maximum absolute atomic E-state index is 13.7. The van der Waals surface area contributed by atoms with Gasteiger partial charge in [-0.2, -0.15) is 0 Å². The third kappa shape index (κ3) is 2.30. The maximum Gasteiger partial charge on any atom is 0.161 e. The summed E-state index contributed by atoms with van der Waals surface area (Å²) < 4.78 is 41.5. The van der Waals surface area contributed by atoms with Crippen LogP contribution in [0, 0.1) is 17.5 Å². The number of anilines is 1. The Balaban J connectivity index is 2.59. The van der Waals surface area contributed by atoms with Gasteiger partial charge in [-0.15, -0.1) is 0 Å². The van der Waals surface area contributed by atoms with Crippen LogP contribution < -0.4 is 5.73 Å². The van der Waals surface area contributed by atoms with Crippen LogP contribution in [0.2, 0.25) is 0 Å². The highest BCUT2D eigenvalue weighted by Gasteiger charge is 2.19. The second kappa shape index (κ2) is 4.95. The van der Waals surface area contributed by atoms with Gasteiger partial charge in [0, 0.05) is 25.1 Å². The van der Waals surface area contributed by atoms with E-state index in [0.717, 1.165) is 12.5 Å². The predicted octanol–water partition coefficient (Wildman–Crippen LogP) is 3.04. The molecule has 1 aromatic heterocycles. The summed E-state index contributed by atoms with van der Waals surface area (Å²) in [5.41, 5.74) is 5.85. The van der Waals surface area contributed by atoms with Crippen LogP contribution >= 0.6 is 0 Å². The molecule has 0 radical (unpaired) electrons. The lowest BCUT2D eigenvalue weighted by Gasteiger charge is -2.03. The summed E-state index contributed by atoms with van der Waals surface area (Å²) in [4.78, 5) is 4.21. The van der Waals surface area contributed by atoms with Crippen molar-refractivity contribution in [2.75, 3.05) is 5.73 Å². The summed E-state index contributed by atoms with van der Waals surface area (Å²) in [6.07, 6.45) is 1.52. The number of nitrogens with zero attached hydrogens (tertiary/aromatic N) is 2. The van der Waals surface area contributed by atoms with Crippen LogP contribution in [0.3, 0.4) is 0 Å². The van der Waals surface area contributed by atoms with Crippen molar-refractivity contribution in [3.8, 4) is 11.3 Å². The number of aromatic nitrogens is 2. The fourth-order valence-electron chi connectivity index (χ4n) is 1.91. The van der Waals surface area contributed by atoms with Gasteiger partial charge >= 0.3 is 0 Å². The van der Waals surface area contributed by atoms with Gasteiger partial charge in [-0.1, -0.05) is 6.92 Å². The molecule has 0 aliphatic carbocycles. The summed E-state index contributed by atoms with van der Waals surface area (Å²) in [6.45, 7) is 1.97. The van der Waals surface area contributed by atoms with Gasteiger partial charge in [0.05, 0.1) is 0 Å². The van der Waals surface area contributed by atoms with Gasteiger partial charge in [-0.3, -0.25) is 0 Å². The van der Waals surface area contributed by atoms with Crippen LogP contribution in [-0.2, 0) is 13.5 Å². The van der Waals surface area contributed by atoms with Crippen molar-refractivity contribution in [1.29, 1.82) is 0 Å². The third-order valence-corrected chi connectivity index (χ3v) is 2.97. The molecule has 0 bridgehead atoms. The first kappa shape index (κ1) is 13.5. The van der Waals surface area contributed by atoms with Gasteiger partial charge in [-0.25, -0.2) is 18.2 Å². The van der Waals surface area contributed by atoms with Crippen molar-refractivity contribution in [3.05, 3.63) is 35.4 Å². The summed E-state index contributed by atoms with van der Waals surface area (Å²) in [5, 5.41) is 0. The zero-order valence-corrected chi connectivity index (χ0v) is 10.7. The van der Waals surface area contributed by atoms with Crippen LogP contribution in [0.5, 0.6) is 0 Å². The predicted molar refractivity (Wildman–Crippen MR) is 66.9 cm³/mol. The van der Waals surface area contributed by atoms with Crippen molar-refractivity contribution >= 4 is 5.82 Å². The first-order valence-electron chi connectivity index (χ1n) is 5.91. The van der Waals surface area contributed by atoms with Crippen LogP contribution in [0.25, 0.3) is 11.3 Å². The molecule has 1 aromatic carbocycles. The molecule has 19 heavy (non-hydrogen) atoms. The Bertz CT molecular complexity index is 620. The van der Waals surface area contributed by atoms with E-state index in [0.29, 0.717) is 18.3 Å². The number of aryl methyl sites for hydroxylation is 1. The SMILES string of the molecule is CCCc1nc(-c2cc(F)c(F)cc2F)c(N)n1C. The molecule has 0 atom stereocenters. The standard InChI is InChI=1S/C13H14F3N3/c1-3-4-11-18-12(13(17)19(11)2)7-5-9(15)10(16)6-8(7)14/h5-6H,3-4,17H2,1-2H3. The zero-order valence-electron chi connectivity index (χ0n) is 10.7. The van der Waals surface area contributed by atoms with Crippen molar-refractivity contribution in [1.82, 2.24) is 9.55 Å². The van der Waals surface area contributed by atoms with E-state index in [1.54, 1.807) is 11.6 Å². The van der Waals surface area contributed by atoms with Gasteiger partial charge in [0.25, 0.3) is 0 Å². The van der Waals surface area contributed by atoms with E-state index in [1.807, 2.05) is 6.92 Å². The van der Waals surface area contributed by atoms with E-state index in [1.165, 1.54) is 0 Å². The van der Waals surface area contributed by atoms with Gasteiger partial charge in [-0.05, 0) is 12.5 Å². The van der Waals surface area contributed by atoms with E-state index in [2.05, 4.69) is 4.98 Å². The number of nitrogen functional groups attached to an aromatic ring is 1. The van der Waals surface area contributed by atoms with Gasteiger partial charge in [0.15, 0.2) is 11.6 Å². The molecule has 2 rings (SSSR count).